The molecule has 0 atom stereocenters. The predicted molar refractivity (Wildman–Crippen MR) is 56.8 cm³/mol. The van der Waals surface area contributed by atoms with E-state index >= 15 is 0 Å². The summed E-state index contributed by atoms with van der Waals surface area (Å²) in [6.07, 6.45) is 1.21. The molecule has 1 heteroatoms. The molecule has 0 bridgehead atoms. The topological polar surface area (TPSA) is 3.24 Å². The molecule has 0 radical (unpaired) electrons. The molecule has 13 heavy (non-hydrogen) atoms. The van der Waals surface area contributed by atoms with Crippen LogP contribution in [-0.2, 0) is 0 Å². The molecule has 0 spiro atoms. The summed E-state index contributed by atoms with van der Waals surface area (Å²) in [5.74, 6) is 0. The molecule has 0 amide bonds. The number of allylic oxidation sites excluding steroid dienone is 1. The minimum Gasteiger partial charge on any atom is -0.345 e. The van der Waals surface area contributed by atoms with Gasteiger partial charge in [0.1, 0.15) is 0 Å². The smallest absolute Gasteiger partial charge is 0.0408 e. The Labute approximate surface area is 79.7 Å². The van der Waals surface area contributed by atoms with Gasteiger partial charge < -0.3 is 4.90 Å². The third-order valence-corrected chi connectivity index (χ3v) is 2.80. The van der Waals surface area contributed by atoms with E-state index in [1.165, 1.54) is 23.4 Å². The molecule has 0 unspecified atom stereocenters. The van der Waals surface area contributed by atoms with Gasteiger partial charge in [0.05, 0.1) is 0 Å². The summed E-state index contributed by atoms with van der Waals surface area (Å²) in [6, 6.07) is 10.6. The first-order valence-corrected chi connectivity index (χ1v) is 4.78. The maximum absolute atomic E-state index is 2.38. The largest absolute Gasteiger partial charge is 0.345 e. The van der Waals surface area contributed by atoms with Crippen molar-refractivity contribution in [3.8, 4) is 0 Å². The van der Waals surface area contributed by atoms with Crippen LogP contribution in [0.5, 0.6) is 0 Å². The van der Waals surface area contributed by atoms with E-state index in [-0.39, 0.29) is 0 Å². The zero-order valence-corrected chi connectivity index (χ0v) is 8.25. The van der Waals surface area contributed by atoms with Crippen LogP contribution in [0.4, 0.5) is 5.69 Å². The van der Waals surface area contributed by atoms with Crippen LogP contribution in [0.15, 0.2) is 41.6 Å². The molecular weight excluding hydrogens is 158 g/mol. The van der Waals surface area contributed by atoms with E-state index in [0.29, 0.717) is 0 Å². The Balaban J connectivity index is 2.30. The Bertz CT molecular complexity index is 324. The van der Waals surface area contributed by atoms with E-state index < -0.39 is 0 Å². The van der Waals surface area contributed by atoms with Gasteiger partial charge >= 0.3 is 0 Å². The quantitative estimate of drug-likeness (QED) is 0.630. The number of hydrogen-bond donors (Lipinski definition) is 0. The Morgan fingerprint density at radius 3 is 2.31 bits per heavy atom. The van der Waals surface area contributed by atoms with Crippen LogP contribution in [0, 0.1) is 0 Å². The van der Waals surface area contributed by atoms with E-state index in [0.717, 1.165) is 6.54 Å². The van der Waals surface area contributed by atoms with E-state index in [1.807, 2.05) is 0 Å². The van der Waals surface area contributed by atoms with Gasteiger partial charge in [-0.1, -0.05) is 23.8 Å². The first-order valence-electron chi connectivity index (χ1n) is 4.78. The number of rotatable bonds is 1. The zero-order chi connectivity index (χ0) is 9.26. The zero-order valence-electron chi connectivity index (χ0n) is 8.25. The lowest BCUT2D eigenvalue weighted by molar-refractivity contribution is 0.959. The van der Waals surface area contributed by atoms with E-state index in [2.05, 4.69) is 49.1 Å². The summed E-state index contributed by atoms with van der Waals surface area (Å²) in [6.45, 7) is 5.56. The Morgan fingerprint density at radius 2 is 1.77 bits per heavy atom. The molecule has 0 aliphatic carbocycles. The second-order valence-electron chi connectivity index (χ2n) is 3.60. The fraction of sp³-hybridized carbons (Fsp3) is 0.333. The summed E-state index contributed by atoms with van der Waals surface area (Å²) < 4.78 is 0. The van der Waals surface area contributed by atoms with Crippen molar-refractivity contribution in [2.45, 2.75) is 20.3 Å². The highest BCUT2D eigenvalue weighted by atomic mass is 15.2. The molecule has 1 heterocycles. The van der Waals surface area contributed by atoms with Crippen LogP contribution in [0.3, 0.4) is 0 Å². The van der Waals surface area contributed by atoms with Gasteiger partial charge in [-0.05, 0) is 32.4 Å². The molecule has 0 saturated carbocycles. The molecule has 0 fully saturated rings. The van der Waals surface area contributed by atoms with Gasteiger partial charge in [-0.3, -0.25) is 0 Å². The van der Waals surface area contributed by atoms with Crippen molar-refractivity contribution in [2.75, 3.05) is 11.4 Å². The Hall–Kier alpha value is -1.24. The van der Waals surface area contributed by atoms with Gasteiger partial charge in [0.2, 0.25) is 0 Å². The SMILES string of the molecule is CC1=C(C)N(c2ccccc2)CC1. The predicted octanol–water partition coefficient (Wildman–Crippen LogP) is 3.19. The number of hydrogen-bond acceptors (Lipinski definition) is 1. The Kier molecular flexibility index (Phi) is 2.09. The molecule has 1 nitrogen and oxygen atoms in total. The molecule has 1 aromatic rings. The average molecular weight is 173 g/mol. The van der Waals surface area contributed by atoms with Crippen molar-refractivity contribution in [1.29, 1.82) is 0 Å². The van der Waals surface area contributed by atoms with E-state index in [4.69, 9.17) is 0 Å². The van der Waals surface area contributed by atoms with Crippen molar-refractivity contribution >= 4 is 5.69 Å². The van der Waals surface area contributed by atoms with Crippen LogP contribution < -0.4 is 4.90 Å². The van der Waals surface area contributed by atoms with Crippen molar-refractivity contribution in [1.82, 2.24) is 0 Å². The number of anilines is 1. The van der Waals surface area contributed by atoms with E-state index in [9.17, 15) is 0 Å². The fourth-order valence-corrected chi connectivity index (χ4v) is 1.79. The standard InChI is InChI=1S/C12H15N/c1-10-8-9-13(11(10)2)12-6-4-3-5-7-12/h3-7H,8-9H2,1-2H3. The summed E-state index contributed by atoms with van der Waals surface area (Å²) in [4.78, 5) is 2.38. The molecular formula is C12H15N. The molecule has 68 valence electrons. The van der Waals surface area contributed by atoms with Gasteiger partial charge in [0.15, 0.2) is 0 Å². The third-order valence-electron chi connectivity index (χ3n) is 2.80. The lowest BCUT2D eigenvalue weighted by Gasteiger charge is -2.19. The highest BCUT2D eigenvalue weighted by Crippen LogP contribution is 2.27. The summed E-state index contributed by atoms with van der Waals surface area (Å²) >= 11 is 0. The summed E-state index contributed by atoms with van der Waals surface area (Å²) in [5, 5.41) is 0. The minimum atomic E-state index is 1.14. The summed E-state index contributed by atoms with van der Waals surface area (Å²) in [7, 11) is 0. The maximum Gasteiger partial charge on any atom is 0.0408 e. The van der Waals surface area contributed by atoms with Gasteiger partial charge in [-0.15, -0.1) is 0 Å². The first-order chi connectivity index (χ1) is 6.29. The number of benzene rings is 1. The third kappa shape index (κ3) is 1.46. The second kappa shape index (κ2) is 3.25. The van der Waals surface area contributed by atoms with Gasteiger partial charge in [-0.2, -0.15) is 0 Å². The highest BCUT2D eigenvalue weighted by Gasteiger charge is 2.16. The van der Waals surface area contributed by atoms with Crippen LogP contribution >= 0.6 is 0 Å². The minimum absolute atomic E-state index is 1.14. The lowest BCUT2D eigenvalue weighted by atomic mass is 10.2. The molecule has 1 aliphatic rings. The summed E-state index contributed by atoms with van der Waals surface area (Å²) in [5.41, 5.74) is 4.26. The van der Waals surface area contributed by atoms with Crippen molar-refractivity contribution in [3.05, 3.63) is 41.6 Å². The normalized spacial score (nSPS) is 16.9. The van der Waals surface area contributed by atoms with Gasteiger partial charge in [-0.25, -0.2) is 0 Å². The lowest BCUT2D eigenvalue weighted by Crippen LogP contribution is -2.16. The second-order valence-corrected chi connectivity index (χ2v) is 3.60. The highest BCUT2D eigenvalue weighted by molar-refractivity contribution is 5.54. The van der Waals surface area contributed by atoms with Crippen molar-refractivity contribution in [3.63, 3.8) is 0 Å². The fourth-order valence-electron chi connectivity index (χ4n) is 1.79. The first kappa shape index (κ1) is 8.36. The van der Waals surface area contributed by atoms with E-state index in [1.54, 1.807) is 0 Å². The van der Waals surface area contributed by atoms with Crippen LogP contribution in [-0.4, -0.2) is 6.54 Å². The van der Waals surface area contributed by atoms with Crippen molar-refractivity contribution in [2.24, 2.45) is 0 Å². The molecule has 0 N–H and O–H groups in total. The monoisotopic (exact) mass is 173 g/mol. The van der Waals surface area contributed by atoms with Gasteiger partial charge in [0, 0.05) is 17.9 Å². The van der Waals surface area contributed by atoms with Crippen LogP contribution in [0.25, 0.3) is 0 Å². The van der Waals surface area contributed by atoms with Crippen LogP contribution in [0.2, 0.25) is 0 Å². The number of para-hydroxylation sites is 1. The molecule has 2 rings (SSSR count). The molecule has 1 aliphatic heterocycles. The number of nitrogens with zero attached hydrogens (tertiary/aromatic N) is 1. The molecule has 1 aromatic carbocycles. The van der Waals surface area contributed by atoms with Crippen molar-refractivity contribution < 1.29 is 0 Å². The Morgan fingerprint density at radius 1 is 1.08 bits per heavy atom. The van der Waals surface area contributed by atoms with Gasteiger partial charge in [0.25, 0.3) is 0 Å². The molecule has 0 aromatic heterocycles. The molecule has 0 saturated heterocycles. The van der Waals surface area contributed by atoms with Crippen LogP contribution in [0.1, 0.15) is 20.3 Å². The average Bonchev–Trinajstić information content (AvgIpc) is 2.49. The maximum atomic E-state index is 2.38.